The Hall–Kier alpha value is -2.67. The van der Waals surface area contributed by atoms with Gasteiger partial charge in [0.25, 0.3) is 0 Å². The molecule has 0 aliphatic heterocycles. The first-order chi connectivity index (χ1) is 12.7. The van der Waals surface area contributed by atoms with Gasteiger partial charge in [0.1, 0.15) is 0 Å². The molecule has 0 spiro atoms. The van der Waals surface area contributed by atoms with Crippen LogP contribution in [-0.4, -0.2) is 4.98 Å². The van der Waals surface area contributed by atoms with Crippen molar-refractivity contribution in [3.05, 3.63) is 76.9 Å². The van der Waals surface area contributed by atoms with E-state index in [1.54, 1.807) is 0 Å². The van der Waals surface area contributed by atoms with Crippen LogP contribution in [0.3, 0.4) is 0 Å². The molecule has 0 aliphatic carbocycles. The average molecular weight is 344 g/mol. The number of pyridine rings is 1. The molecule has 0 amide bonds. The highest BCUT2D eigenvalue weighted by Crippen LogP contribution is 2.29. The Bertz CT molecular complexity index is 988. The average Bonchev–Trinajstić information content (AvgIpc) is 2.66. The van der Waals surface area contributed by atoms with Crippen molar-refractivity contribution in [1.82, 2.24) is 4.98 Å². The van der Waals surface area contributed by atoms with Crippen molar-refractivity contribution in [2.24, 2.45) is 0 Å². The van der Waals surface area contributed by atoms with E-state index >= 15 is 0 Å². The number of aryl methyl sites for hydroxylation is 2. The van der Waals surface area contributed by atoms with Gasteiger partial charge in [-0.05, 0) is 44.9 Å². The molecule has 3 rings (SSSR count). The summed E-state index contributed by atoms with van der Waals surface area (Å²) < 4.78 is 0. The van der Waals surface area contributed by atoms with Crippen LogP contribution in [-0.2, 0) is 0 Å². The lowest BCUT2D eigenvalue weighted by Crippen LogP contribution is -1.92. The van der Waals surface area contributed by atoms with Gasteiger partial charge in [-0.15, -0.1) is 0 Å². The quantitative estimate of drug-likeness (QED) is 0.351. The molecule has 0 saturated heterocycles. The Morgan fingerprint density at radius 2 is 1.23 bits per heavy atom. The molecule has 0 radical (unpaired) electrons. The first-order valence-electron chi connectivity index (χ1n) is 9.41. The van der Waals surface area contributed by atoms with Gasteiger partial charge in [-0.3, -0.25) is 0 Å². The molecule has 0 atom stereocenters. The van der Waals surface area contributed by atoms with Crippen LogP contribution in [0.25, 0.3) is 34.0 Å². The maximum Gasteiger partial charge on any atom is 0.0784 e. The van der Waals surface area contributed by atoms with E-state index in [2.05, 4.69) is 81.5 Å². The minimum atomic E-state index is 1.07. The predicted octanol–water partition coefficient (Wildman–Crippen LogP) is 7.65. The second-order valence-electron chi connectivity index (χ2n) is 6.11. The predicted molar refractivity (Wildman–Crippen MR) is 119 cm³/mol. The molecule has 2 aromatic carbocycles. The van der Waals surface area contributed by atoms with E-state index < -0.39 is 0 Å². The Morgan fingerprint density at radius 3 is 1.73 bits per heavy atom. The Morgan fingerprint density at radius 1 is 0.692 bits per heavy atom. The summed E-state index contributed by atoms with van der Waals surface area (Å²) in [6.07, 6.45) is 12.6. The number of hydrogen-bond donors (Lipinski definition) is 0. The van der Waals surface area contributed by atoms with Crippen LogP contribution in [0, 0.1) is 13.8 Å². The summed E-state index contributed by atoms with van der Waals surface area (Å²) in [6.45, 7) is 12.4. The third-order valence-electron chi connectivity index (χ3n) is 4.37. The van der Waals surface area contributed by atoms with Crippen LogP contribution in [0.4, 0.5) is 0 Å². The van der Waals surface area contributed by atoms with Gasteiger partial charge in [0.05, 0.1) is 11.0 Å². The lowest BCUT2D eigenvalue weighted by molar-refractivity contribution is 1.39. The summed E-state index contributed by atoms with van der Waals surface area (Å²) in [5.41, 5.74) is 7.05. The molecule has 1 heteroatoms. The molecule has 1 nitrogen and oxygen atoms in total. The van der Waals surface area contributed by atoms with Gasteiger partial charge < -0.3 is 0 Å². The SMILES string of the molecule is C/C=C\C=C/c1c(C)ccc2cc3ccc(C)c(/C=C\C)c3nc12.CC. The molecule has 0 saturated carbocycles. The van der Waals surface area contributed by atoms with Crippen molar-refractivity contribution in [3.8, 4) is 0 Å². The molecule has 1 heterocycles. The molecule has 0 fully saturated rings. The fourth-order valence-electron chi connectivity index (χ4n) is 3.06. The smallest absolute Gasteiger partial charge is 0.0784 e. The highest BCUT2D eigenvalue weighted by atomic mass is 14.7. The number of allylic oxidation sites excluding steroid dienone is 4. The van der Waals surface area contributed by atoms with Crippen LogP contribution in [0.5, 0.6) is 0 Å². The zero-order valence-electron chi connectivity index (χ0n) is 16.8. The lowest BCUT2D eigenvalue weighted by atomic mass is 9.99. The van der Waals surface area contributed by atoms with Crippen LogP contribution in [0.2, 0.25) is 0 Å². The van der Waals surface area contributed by atoms with E-state index in [0.717, 1.165) is 11.0 Å². The van der Waals surface area contributed by atoms with Crippen molar-refractivity contribution in [1.29, 1.82) is 0 Å². The van der Waals surface area contributed by atoms with Gasteiger partial charge >= 0.3 is 0 Å². The summed E-state index contributed by atoms with van der Waals surface area (Å²) in [5, 5.41) is 2.37. The van der Waals surface area contributed by atoms with Crippen LogP contribution in [0.15, 0.2) is 54.6 Å². The summed E-state index contributed by atoms with van der Waals surface area (Å²) >= 11 is 0. The number of benzene rings is 2. The van der Waals surface area contributed by atoms with Gasteiger partial charge in [0.2, 0.25) is 0 Å². The topological polar surface area (TPSA) is 12.9 Å². The summed E-state index contributed by atoms with van der Waals surface area (Å²) in [7, 11) is 0. The molecule has 1 aromatic heterocycles. The highest BCUT2D eigenvalue weighted by Gasteiger charge is 2.09. The third-order valence-corrected chi connectivity index (χ3v) is 4.37. The molecular weight excluding hydrogens is 314 g/mol. The Labute approximate surface area is 157 Å². The zero-order chi connectivity index (χ0) is 19.1. The lowest BCUT2D eigenvalue weighted by Gasteiger charge is -2.11. The van der Waals surface area contributed by atoms with Crippen LogP contribution in [0.1, 0.15) is 49.9 Å². The molecule has 3 aromatic rings. The summed E-state index contributed by atoms with van der Waals surface area (Å²) in [6, 6.07) is 10.9. The van der Waals surface area contributed by atoms with Crippen molar-refractivity contribution in [2.75, 3.05) is 0 Å². The van der Waals surface area contributed by atoms with E-state index in [1.165, 1.54) is 33.0 Å². The highest BCUT2D eigenvalue weighted by molar-refractivity contribution is 6.00. The van der Waals surface area contributed by atoms with Gasteiger partial charge in [0, 0.05) is 21.9 Å². The molecule has 0 unspecified atom stereocenters. The fourth-order valence-corrected chi connectivity index (χ4v) is 3.06. The van der Waals surface area contributed by atoms with Crippen LogP contribution >= 0.6 is 0 Å². The first kappa shape index (κ1) is 19.7. The zero-order valence-corrected chi connectivity index (χ0v) is 16.8. The first-order valence-corrected chi connectivity index (χ1v) is 9.41. The van der Waals surface area contributed by atoms with Crippen molar-refractivity contribution in [3.63, 3.8) is 0 Å². The second kappa shape index (κ2) is 9.15. The van der Waals surface area contributed by atoms with E-state index in [0.29, 0.717) is 0 Å². The number of rotatable bonds is 3. The molecule has 0 aliphatic rings. The minimum Gasteiger partial charge on any atom is -0.247 e. The standard InChI is InChI=1S/C23H23N.C2H6/c1-5-7-8-10-21-17(4)12-14-19-15-18-13-11-16(3)20(9-6-2)22(18)24-23(19)21;1-2/h5-15H,1-4H3;1-2H3/b7-5-,9-6-,10-8-;. The van der Waals surface area contributed by atoms with Crippen molar-refractivity contribution in [2.45, 2.75) is 41.5 Å². The summed E-state index contributed by atoms with van der Waals surface area (Å²) in [5.74, 6) is 0. The number of nitrogens with zero attached hydrogens (tertiary/aromatic N) is 1. The van der Waals surface area contributed by atoms with Crippen molar-refractivity contribution >= 4 is 34.0 Å². The van der Waals surface area contributed by atoms with E-state index in [1.807, 2.05) is 26.8 Å². The molecule has 134 valence electrons. The Balaban J connectivity index is 0.00000117. The van der Waals surface area contributed by atoms with Gasteiger partial charge in [0.15, 0.2) is 0 Å². The maximum atomic E-state index is 5.07. The third kappa shape index (κ3) is 3.94. The number of fused-ring (bicyclic) bond motifs is 2. The molecule has 0 N–H and O–H groups in total. The Kier molecular flexibility index (Phi) is 6.91. The second-order valence-corrected chi connectivity index (χ2v) is 6.11. The molecule has 0 bridgehead atoms. The van der Waals surface area contributed by atoms with E-state index in [9.17, 15) is 0 Å². The fraction of sp³-hybridized carbons (Fsp3) is 0.240. The van der Waals surface area contributed by atoms with E-state index in [-0.39, 0.29) is 0 Å². The molecular formula is C25H29N. The maximum absolute atomic E-state index is 5.07. The monoisotopic (exact) mass is 343 g/mol. The van der Waals surface area contributed by atoms with Crippen LogP contribution < -0.4 is 0 Å². The van der Waals surface area contributed by atoms with Gasteiger partial charge in [-0.1, -0.05) is 74.6 Å². The van der Waals surface area contributed by atoms with Gasteiger partial charge in [-0.2, -0.15) is 0 Å². The number of hydrogen-bond acceptors (Lipinski definition) is 1. The van der Waals surface area contributed by atoms with Gasteiger partial charge in [-0.25, -0.2) is 4.98 Å². The minimum absolute atomic E-state index is 1.07. The number of aromatic nitrogens is 1. The summed E-state index contributed by atoms with van der Waals surface area (Å²) in [4.78, 5) is 5.07. The van der Waals surface area contributed by atoms with E-state index in [4.69, 9.17) is 4.98 Å². The normalized spacial score (nSPS) is 11.8. The molecule has 26 heavy (non-hydrogen) atoms. The van der Waals surface area contributed by atoms with Crippen molar-refractivity contribution < 1.29 is 0 Å². The largest absolute Gasteiger partial charge is 0.247 e.